The standard InChI is InChI=1S/C24H30O8/c1-6-8-14(25)16-19(28)11(3)18(27)12(20(16)29)10-13-21(30)17(15(26)9-7-2)23(32)24(4,5)22(13)31/h27-31H,6-10H2,1-5H3. The first kappa shape index (κ1) is 25.0. The van der Waals surface area contributed by atoms with Gasteiger partial charge in [0, 0.05) is 36.0 Å². The molecule has 0 spiro atoms. The number of allylic oxidation sites excluding steroid dienone is 3. The van der Waals surface area contributed by atoms with E-state index < -0.39 is 63.5 Å². The molecule has 0 aliphatic heterocycles. The van der Waals surface area contributed by atoms with Crippen molar-refractivity contribution in [3.05, 3.63) is 39.4 Å². The van der Waals surface area contributed by atoms with Crippen LogP contribution in [0.2, 0.25) is 0 Å². The van der Waals surface area contributed by atoms with Crippen LogP contribution in [0.3, 0.4) is 0 Å². The Morgan fingerprint density at radius 1 is 0.844 bits per heavy atom. The minimum Gasteiger partial charge on any atom is -0.511 e. The van der Waals surface area contributed by atoms with Crippen molar-refractivity contribution in [1.29, 1.82) is 0 Å². The highest BCUT2D eigenvalue weighted by Crippen LogP contribution is 2.46. The van der Waals surface area contributed by atoms with E-state index in [-0.39, 0.29) is 35.1 Å². The summed E-state index contributed by atoms with van der Waals surface area (Å²) < 4.78 is 0. The molecule has 2 rings (SSSR count). The van der Waals surface area contributed by atoms with Crippen molar-refractivity contribution in [2.45, 2.75) is 66.7 Å². The van der Waals surface area contributed by atoms with Crippen LogP contribution in [0.1, 0.15) is 74.9 Å². The minimum absolute atomic E-state index is 0.0136. The van der Waals surface area contributed by atoms with Gasteiger partial charge in [0.05, 0.1) is 5.41 Å². The fraction of sp³-hybridized carbons (Fsp3) is 0.458. The summed E-state index contributed by atoms with van der Waals surface area (Å²) in [5.74, 6) is -4.87. The molecule has 1 aromatic rings. The fourth-order valence-corrected chi connectivity index (χ4v) is 3.81. The van der Waals surface area contributed by atoms with Gasteiger partial charge in [0.2, 0.25) is 0 Å². The van der Waals surface area contributed by atoms with Gasteiger partial charge in [-0.1, -0.05) is 13.8 Å². The number of benzene rings is 1. The number of aliphatic hydroxyl groups excluding tert-OH is 2. The Morgan fingerprint density at radius 3 is 1.91 bits per heavy atom. The van der Waals surface area contributed by atoms with Gasteiger partial charge in [-0.05, 0) is 33.6 Å². The quantitative estimate of drug-likeness (QED) is 0.294. The predicted octanol–water partition coefficient (Wildman–Crippen LogP) is 4.24. The molecule has 0 saturated carbocycles. The molecule has 8 nitrogen and oxygen atoms in total. The zero-order chi connectivity index (χ0) is 24.5. The van der Waals surface area contributed by atoms with Crippen LogP contribution in [0.25, 0.3) is 0 Å². The first-order chi connectivity index (χ1) is 14.8. The van der Waals surface area contributed by atoms with Gasteiger partial charge in [-0.3, -0.25) is 14.4 Å². The molecule has 32 heavy (non-hydrogen) atoms. The summed E-state index contributed by atoms with van der Waals surface area (Å²) in [4.78, 5) is 37.8. The number of carbonyl (C=O) groups is 3. The van der Waals surface area contributed by atoms with Crippen molar-refractivity contribution < 1.29 is 39.9 Å². The molecule has 5 N–H and O–H groups in total. The summed E-state index contributed by atoms with van der Waals surface area (Å²) in [5, 5.41) is 53.2. The maximum atomic E-state index is 12.8. The van der Waals surface area contributed by atoms with Crippen LogP contribution in [0.5, 0.6) is 17.2 Å². The number of rotatable bonds is 8. The molecule has 1 aliphatic rings. The molecule has 8 heteroatoms. The van der Waals surface area contributed by atoms with Gasteiger partial charge in [-0.15, -0.1) is 0 Å². The molecule has 0 atom stereocenters. The molecule has 0 radical (unpaired) electrons. The van der Waals surface area contributed by atoms with Crippen molar-refractivity contribution in [1.82, 2.24) is 0 Å². The molecular weight excluding hydrogens is 416 g/mol. The van der Waals surface area contributed by atoms with Gasteiger partial charge < -0.3 is 25.5 Å². The van der Waals surface area contributed by atoms with Gasteiger partial charge in [-0.25, -0.2) is 0 Å². The van der Waals surface area contributed by atoms with Crippen LogP contribution in [-0.2, 0) is 16.0 Å². The maximum Gasteiger partial charge on any atom is 0.183 e. The smallest absolute Gasteiger partial charge is 0.183 e. The first-order valence-corrected chi connectivity index (χ1v) is 10.6. The zero-order valence-electron chi connectivity index (χ0n) is 19.0. The summed E-state index contributed by atoms with van der Waals surface area (Å²) in [6.45, 7) is 7.64. The summed E-state index contributed by atoms with van der Waals surface area (Å²) >= 11 is 0. The summed E-state index contributed by atoms with van der Waals surface area (Å²) in [5.41, 5.74) is -2.85. The normalized spacial score (nSPS) is 16.0. The lowest BCUT2D eigenvalue weighted by Crippen LogP contribution is -2.36. The molecule has 174 valence electrons. The van der Waals surface area contributed by atoms with E-state index in [0.717, 1.165) is 0 Å². The molecule has 1 aromatic carbocycles. The molecule has 0 fully saturated rings. The predicted molar refractivity (Wildman–Crippen MR) is 117 cm³/mol. The minimum atomic E-state index is -1.53. The number of ketones is 3. The lowest BCUT2D eigenvalue weighted by molar-refractivity contribution is -0.127. The third-order valence-corrected chi connectivity index (χ3v) is 5.82. The number of phenols is 3. The number of Topliss-reactive ketones (excluding diaryl/α,β-unsaturated/α-hetero) is 3. The Balaban J connectivity index is 2.76. The van der Waals surface area contributed by atoms with E-state index in [1.54, 1.807) is 13.8 Å². The first-order valence-electron chi connectivity index (χ1n) is 10.6. The third kappa shape index (κ3) is 3.97. The Kier molecular flexibility index (Phi) is 7.07. The SMILES string of the molecule is CCCC(=O)C1=C(O)C(Cc2c(O)c(C)c(O)c(C(=O)CCC)c2O)=C(O)C(C)(C)C1=O. The molecule has 1 aliphatic carbocycles. The van der Waals surface area contributed by atoms with Crippen molar-refractivity contribution in [2.75, 3.05) is 0 Å². The van der Waals surface area contributed by atoms with Crippen molar-refractivity contribution in [2.24, 2.45) is 5.41 Å². The Morgan fingerprint density at radius 2 is 1.38 bits per heavy atom. The molecule has 0 bridgehead atoms. The van der Waals surface area contributed by atoms with Crippen molar-refractivity contribution >= 4 is 17.3 Å². The number of phenolic OH excluding ortho intramolecular Hbond substituents is 3. The number of aromatic hydroxyl groups is 3. The Bertz CT molecular complexity index is 1060. The second-order valence-electron chi connectivity index (χ2n) is 8.55. The number of hydrogen-bond acceptors (Lipinski definition) is 8. The number of hydrogen-bond donors (Lipinski definition) is 5. The molecule has 0 unspecified atom stereocenters. The van der Waals surface area contributed by atoms with Gasteiger partial charge in [-0.2, -0.15) is 0 Å². The summed E-state index contributed by atoms with van der Waals surface area (Å²) in [6.07, 6.45) is 0.473. The largest absolute Gasteiger partial charge is 0.511 e. The average Bonchev–Trinajstić information content (AvgIpc) is 2.71. The molecule has 0 heterocycles. The van der Waals surface area contributed by atoms with Crippen LogP contribution in [-0.4, -0.2) is 42.9 Å². The van der Waals surface area contributed by atoms with Crippen LogP contribution in [0.4, 0.5) is 0 Å². The van der Waals surface area contributed by atoms with Crippen molar-refractivity contribution in [3.8, 4) is 17.2 Å². The third-order valence-electron chi connectivity index (χ3n) is 5.82. The van der Waals surface area contributed by atoms with Crippen LogP contribution in [0, 0.1) is 12.3 Å². The zero-order valence-corrected chi connectivity index (χ0v) is 19.0. The Labute approximate surface area is 186 Å². The Hall–Kier alpha value is -3.29. The number of carbonyl (C=O) groups excluding carboxylic acids is 3. The van der Waals surface area contributed by atoms with Crippen LogP contribution < -0.4 is 0 Å². The monoisotopic (exact) mass is 446 g/mol. The maximum absolute atomic E-state index is 12.8. The lowest BCUT2D eigenvalue weighted by Gasteiger charge is -2.31. The van der Waals surface area contributed by atoms with E-state index in [0.29, 0.717) is 12.8 Å². The van der Waals surface area contributed by atoms with Gasteiger partial charge in [0.15, 0.2) is 17.3 Å². The van der Waals surface area contributed by atoms with Gasteiger partial charge in [0.25, 0.3) is 0 Å². The fourth-order valence-electron chi connectivity index (χ4n) is 3.81. The second kappa shape index (κ2) is 9.06. The lowest BCUT2D eigenvalue weighted by atomic mass is 9.73. The average molecular weight is 446 g/mol. The van der Waals surface area contributed by atoms with Crippen LogP contribution in [0.15, 0.2) is 22.7 Å². The number of aliphatic hydroxyl groups is 2. The molecule has 0 aromatic heterocycles. The highest BCUT2D eigenvalue weighted by atomic mass is 16.3. The highest BCUT2D eigenvalue weighted by Gasteiger charge is 2.45. The second-order valence-corrected chi connectivity index (χ2v) is 8.55. The van der Waals surface area contributed by atoms with E-state index in [2.05, 4.69) is 0 Å². The van der Waals surface area contributed by atoms with Crippen molar-refractivity contribution in [3.63, 3.8) is 0 Å². The van der Waals surface area contributed by atoms with E-state index in [1.807, 2.05) is 0 Å². The summed E-state index contributed by atoms with van der Waals surface area (Å²) in [6, 6.07) is 0. The van der Waals surface area contributed by atoms with E-state index >= 15 is 0 Å². The molecular formula is C24H30O8. The molecule has 0 saturated heterocycles. The van der Waals surface area contributed by atoms with E-state index in [4.69, 9.17) is 0 Å². The van der Waals surface area contributed by atoms with Gasteiger partial charge >= 0.3 is 0 Å². The van der Waals surface area contributed by atoms with Gasteiger partial charge in [0.1, 0.15) is 39.9 Å². The molecule has 0 amide bonds. The van der Waals surface area contributed by atoms with E-state index in [1.165, 1.54) is 20.8 Å². The van der Waals surface area contributed by atoms with E-state index in [9.17, 15) is 39.9 Å². The highest BCUT2D eigenvalue weighted by molar-refractivity contribution is 6.24. The topological polar surface area (TPSA) is 152 Å². The summed E-state index contributed by atoms with van der Waals surface area (Å²) in [7, 11) is 0. The van der Waals surface area contributed by atoms with Crippen LogP contribution >= 0.6 is 0 Å².